The van der Waals surface area contributed by atoms with Gasteiger partial charge in [0.05, 0.1) is 26.3 Å². The molecule has 6 N–H and O–H groups in total. The Labute approximate surface area is 264 Å². The highest BCUT2D eigenvalue weighted by Gasteiger charge is 2.35. The second-order valence-electron chi connectivity index (χ2n) is 10.5. The van der Waals surface area contributed by atoms with E-state index in [2.05, 4.69) is 26.0 Å². The number of anilines is 1. The van der Waals surface area contributed by atoms with Crippen molar-refractivity contribution in [3.8, 4) is 0 Å². The topological polar surface area (TPSA) is 215 Å². The van der Waals surface area contributed by atoms with Crippen molar-refractivity contribution in [3.05, 3.63) is 29.8 Å². The lowest BCUT2D eigenvalue weighted by molar-refractivity contribution is -0.140. The molecule has 0 aliphatic carbocycles. The Hall–Kier alpha value is -4.47. The van der Waals surface area contributed by atoms with Gasteiger partial charge in [0.25, 0.3) is 0 Å². The largest absolute Gasteiger partial charge is 0.470 e. The molecule has 2 rings (SSSR count). The Bertz CT molecular complexity index is 1180. The number of likely N-dealkylation sites (tertiary alicyclic amines) is 1. The minimum absolute atomic E-state index is 0.00795. The van der Waals surface area contributed by atoms with E-state index in [1.807, 2.05) is 6.92 Å². The smallest absolute Gasteiger partial charge is 0.312 e. The number of amides is 7. The highest BCUT2D eigenvalue weighted by atomic mass is 16.5. The van der Waals surface area contributed by atoms with Gasteiger partial charge >= 0.3 is 6.03 Å². The molecule has 1 saturated heterocycles. The normalized spacial score (nSPS) is 14.6. The quantitative estimate of drug-likeness (QED) is 0.0978. The summed E-state index contributed by atoms with van der Waals surface area (Å²) in [5.74, 6) is -3.29. The van der Waals surface area contributed by atoms with Gasteiger partial charge in [0.15, 0.2) is 0 Å². The summed E-state index contributed by atoms with van der Waals surface area (Å²) >= 11 is 0. The molecule has 0 saturated carbocycles. The first kappa shape index (κ1) is 38.6. The molecule has 0 spiro atoms. The van der Waals surface area contributed by atoms with Crippen molar-refractivity contribution in [1.29, 1.82) is 0 Å². The molecule has 1 aliphatic rings. The fourth-order valence-corrected chi connectivity index (χ4v) is 3.86. The number of primary amides is 1. The Kier molecular flexibility index (Phi) is 17.6. The maximum absolute atomic E-state index is 12.6. The predicted octanol–water partition coefficient (Wildman–Crippen LogP) is 0.554. The molecule has 7 amide bonds. The minimum Gasteiger partial charge on any atom is -0.470 e. The van der Waals surface area contributed by atoms with Gasteiger partial charge < -0.3 is 36.5 Å². The van der Waals surface area contributed by atoms with Crippen LogP contribution in [-0.4, -0.2) is 93.1 Å². The Morgan fingerprint density at radius 1 is 1.04 bits per heavy atom. The van der Waals surface area contributed by atoms with E-state index in [4.69, 9.17) is 18.3 Å². The Balaban J connectivity index is 0.00000129. The second kappa shape index (κ2) is 20.5. The van der Waals surface area contributed by atoms with Crippen molar-refractivity contribution >= 4 is 55.0 Å². The van der Waals surface area contributed by atoms with Gasteiger partial charge in [-0.2, -0.15) is 0 Å². The zero-order chi connectivity index (χ0) is 33.9. The van der Waals surface area contributed by atoms with Gasteiger partial charge in [0.1, 0.15) is 12.6 Å². The number of ether oxygens (including phenoxy) is 2. The van der Waals surface area contributed by atoms with Crippen LogP contribution in [-0.2, 0) is 40.1 Å². The molecule has 1 heterocycles. The fourth-order valence-electron chi connectivity index (χ4n) is 3.86. The summed E-state index contributed by atoms with van der Waals surface area (Å²) in [7, 11) is 4.92. The number of carbonyl (C=O) groups is 7. The Morgan fingerprint density at radius 3 is 2.22 bits per heavy atom. The molecule has 246 valence electrons. The van der Waals surface area contributed by atoms with Crippen LogP contribution in [0.25, 0.3) is 0 Å². The van der Waals surface area contributed by atoms with Crippen LogP contribution in [0.3, 0.4) is 0 Å². The van der Waals surface area contributed by atoms with Crippen molar-refractivity contribution in [3.63, 3.8) is 0 Å². The molecular formula is C29H43BN6O9. The van der Waals surface area contributed by atoms with Gasteiger partial charge in [-0.1, -0.05) is 39.8 Å². The molecule has 0 bridgehead atoms. The molecule has 45 heavy (non-hydrogen) atoms. The van der Waals surface area contributed by atoms with Gasteiger partial charge in [0, 0.05) is 31.0 Å². The molecule has 15 nitrogen and oxygen atoms in total. The van der Waals surface area contributed by atoms with Crippen LogP contribution in [0, 0.1) is 11.8 Å². The summed E-state index contributed by atoms with van der Waals surface area (Å²) in [6.07, 6.45) is 1.11. The first-order valence-electron chi connectivity index (χ1n) is 14.6. The lowest BCUT2D eigenvalue weighted by atomic mass is 10.0. The molecule has 1 aliphatic heterocycles. The van der Waals surface area contributed by atoms with Crippen LogP contribution < -0.4 is 27.0 Å². The van der Waals surface area contributed by atoms with Crippen LogP contribution in [0.15, 0.2) is 24.3 Å². The van der Waals surface area contributed by atoms with Gasteiger partial charge in [0.2, 0.25) is 43.3 Å². The van der Waals surface area contributed by atoms with Crippen molar-refractivity contribution in [1.82, 2.24) is 20.9 Å². The highest BCUT2D eigenvalue weighted by molar-refractivity contribution is 6.55. The number of nitrogens with zero attached hydrogens (tertiary/aromatic N) is 1. The summed E-state index contributed by atoms with van der Waals surface area (Å²) in [5.41, 5.74) is 5.89. The van der Waals surface area contributed by atoms with Crippen LogP contribution in [0.4, 0.5) is 15.3 Å². The van der Waals surface area contributed by atoms with Crippen molar-refractivity contribution in [2.75, 3.05) is 38.2 Å². The predicted molar refractivity (Wildman–Crippen MR) is 165 cm³/mol. The van der Waals surface area contributed by atoms with Crippen LogP contribution in [0.5, 0.6) is 0 Å². The number of urea groups is 1. The van der Waals surface area contributed by atoms with Crippen molar-refractivity contribution in [2.24, 2.45) is 17.6 Å². The van der Waals surface area contributed by atoms with E-state index in [-0.39, 0.29) is 69.4 Å². The van der Waals surface area contributed by atoms with Gasteiger partial charge in [-0.25, -0.2) is 4.79 Å². The lowest BCUT2D eigenvalue weighted by Gasteiger charge is -2.21. The average molecular weight is 631 g/mol. The molecule has 2 radical (unpaired) electrons. The number of nitrogens with one attached hydrogen (secondary N) is 4. The van der Waals surface area contributed by atoms with E-state index in [0.717, 1.165) is 11.3 Å². The number of benzene rings is 1. The zero-order valence-electron chi connectivity index (χ0n) is 26.2. The average Bonchev–Trinajstić information content (AvgIpc) is 3.22. The van der Waals surface area contributed by atoms with Gasteiger partial charge in [-0.05, 0) is 30.0 Å². The van der Waals surface area contributed by atoms with Gasteiger partial charge in [-0.3, -0.25) is 33.7 Å². The standard InChI is InChI=1S/C25H33BN4O8.C4H10N2O/c1-15(2)22(29-19(31)8-10-37-11-9-30-21(33)12-16(3)24(30)35)23(34)27-13-20(32)28-18-6-4-17(5-7-18)14-38-25(26)36;1-2-3-6-4(5)7/h4-7,15-16,22H,8-14H2,1-3H3,(H,27,34)(H,28,32)(H,29,31);2-3H2,1H3,(H3,5,6,7). The van der Waals surface area contributed by atoms with Crippen LogP contribution >= 0.6 is 0 Å². The van der Waals surface area contributed by atoms with E-state index in [1.54, 1.807) is 45.0 Å². The number of hydrogen-bond acceptors (Lipinski definition) is 9. The molecule has 1 aromatic carbocycles. The number of carbonyl (C=O) groups excluding carboxylic acids is 7. The number of imide groups is 1. The number of rotatable bonds is 16. The molecule has 2 atom stereocenters. The van der Waals surface area contributed by atoms with E-state index >= 15 is 0 Å². The van der Waals surface area contributed by atoms with E-state index in [1.165, 1.54) is 0 Å². The first-order chi connectivity index (χ1) is 21.2. The van der Waals surface area contributed by atoms with Crippen molar-refractivity contribution < 1.29 is 43.0 Å². The third-order valence-corrected chi connectivity index (χ3v) is 6.26. The highest BCUT2D eigenvalue weighted by Crippen LogP contribution is 2.18. The van der Waals surface area contributed by atoms with Crippen molar-refractivity contribution in [2.45, 2.75) is 59.6 Å². The second-order valence-corrected chi connectivity index (χ2v) is 10.5. The Morgan fingerprint density at radius 2 is 1.71 bits per heavy atom. The monoisotopic (exact) mass is 630 g/mol. The van der Waals surface area contributed by atoms with Crippen LogP contribution in [0.2, 0.25) is 0 Å². The summed E-state index contributed by atoms with van der Waals surface area (Å²) < 4.78 is 10.1. The maximum atomic E-state index is 12.6. The molecule has 16 heteroatoms. The third-order valence-electron chi connectivity index (χ3n) is 6.26. The summed E-state index contributed by atoms with van der Waals surface area (Å²) in [6, 6.07) is 5.22. The third kappa shape index (κ3) is 15.7. The van der Waals surface area contributed by atoms with Crippen LogP contribution in [0.1, 0.15) is 52.5 Å². The molecule has 2 unspecified atom stereocenters. The maximum Gasteiger partial charge on any atom is 0.312 e. The fraction of sp³-hybridized carbons (Fsp3) is 0.552. The van der Waals surface area contributed by atoms with E-state index in [0.29, 0.717) is 17.8 Å². The zero-order valence-corrected chi connectivity index (χ0v) is 26.2. The molecule has 1 fully saturated rings. The molecular weight excluding hydrogens is 587 g/mol. The van der Waals surface area contributed by atoms with E-state index < -0.39 is 35.7 Å². The molecule has 0 aromatic heterocycles. The summed E-state index contributed by atoms with van der Waals surface area (Å²) in [4.78, 5) is 82.5. The lowest BCUT2D eigenvalue weighted by Crippen LogP contribution is -2.51. The summed E-state index contributed by atoms with van der Waals surface area (Å²) in [6.45, 7) is 7.87. The van der Waals surface area contributed by atoms with Gasteiger partial charge in [-0.15, -0.1) is 0 Å². The SMILES string of the molecule is CCCNC(N)=O.[B]C(=O)OCc1ccc(NC(=O)CNC(=O)C(NC(=O)CCOCCN2C(=O)CC(C)C2=O)C(C)C)cc1. The first-order valence-corrected chi connectivity index (χ1v) is 14.6. The minimum atomic E-state index is -0.887. The van der Waals surface area contributed by atoms with E-state index in [9.17, 15) is 33.6 Å². The molecule has 1 aromatic rings. The summed E-state index contributed by atoms with van der Waals surface area (Å²) in [5, 5.41) is 10.2. The number of nitrogens with two attached hydrogens (primary N) is 1. The number of hydrogen-bond donors (Lipinski definition) is 5.